The summed E-state index contributed by atoms with van der Waals surface area (Å²) in [6, 6.07) is 12.4. The van der Waals surface area contributed by atoms with Crippen LogP contribution in [0.2, 0.25) is 5.02 Å². The molecule has 4 rings (SSSR count). The fraction of sp³-hybridized carbons (Fsp3) is 0.200. The fourth-order valence-electron chi connectivity index (χ4n) is 2.62. The average molecular weight is 334 g/mol. The van der Waals surface area contributed by atoms with Crippen LogP contribution >= 0.6 is 35.1 Å². The van der Waals surface area contributed by atoms with Crippen LogP contribution in [0.3, 0.4) is 0 Å². The van der Waals surface area contributed by atoms with Crippen molar-refractivity contribution in [3.05, 3.63) is 47.0 Å². The van der Waals surface area contributed by atoms with E-state index in [9.17, 15) is 0 Å². The molecule has 0 spiro atoms. The fourth-order valence-corrected chi connectivity index (χ4v) is 4.63. The van der Waals surface area contributed by atoms with E-state index in [-0.39, 0.29) is 0 Å². The van der Waals surface area contributed by atoms with Crippen LogP contribution in [0, 0.1) is 0 Å². The third-order valence-corrected chi connectivity index (χ3v) is 5.81. The molecule has 6 heteroatoms. The maximum absolute atomic E-state index is 6.31. The maximum Gasteiger partial charge on any atom is 0.129 e. The van der Waals surface area contributed by atoms with Gasteiger partial charge in [-0.1, -0.05) is 29.8 Å². The summed E-state index contributed by atoms with van der Waals surface area (Å²) in [7, 11) is 0. The second kappa shape index (κ2) is 5.48. The molecule has 0 radical (unpaired) electrons. The smallest absolute Gasteiger partial charge is 0.129 e. The highest BCUT2D eigenvalue weighted by atomic mass is 35.5. The van der Waals surface area contributed by atoms with Crippen molar-refractivity contribution in [1.29, 1.82) is 0 Å². The first-order valence-corrected chi connectivity index (χ1v) is 8.78. The summed E-state index contributed by atoms with van der Waals surface area (Å²) in [5, 5.41) is 4.19. The Hall–Kier alpha value is -1.30. The highest BCUT2D eigenvalue weighted by Crippen LogP contribution is 2.40. The topological polar surface area (TPSA) is 37.8 Å². The minimum absolute atomic E-state index is 0.504. The lowest BCUT2D eigenvalue weighted by Crippen LogP contribution is -2.12. The summed E-state index contributed by atoms with van der Waals surface area (Å²) < 4.78 is 8.61. The van der Waals surface area contributed by atoms with E-state index in [4.69, 9.17) is 11.6 Å². The van der Waals surface area contributed by atoms with Gasteiger partial charge in [0.15, 0.2) is 0 Å². The molecular weight excluding hydrogens is 322 g/mol. The number of fused-ring (bicyclic) bond motifs is 2. The Morgan fingerprint density at radius 2 is 2.10 bits per heavy atom. The standard InChI is InChI=1S/C15H12ClN3S2/c16-11-5-6-12-15(19-21-18-12)14(11)17-7-9-8-20-13-4-2-1-3-10(9)13/h1-6,9,17H,7-8H2. The summed E-state index contributed by atoms with van der Waals surface area (Å²) in [6.07, 6.45) is 0. The second-order valence-electron chi connectivity index (χ2n) is 4.98. The van der Waals surface area contributed by atoms with Crippen molar-refractivity contribution < 1.29 is 0 Å². The molecule has 21 heavy (non-hydrogen) atoms. The molecule has 1 aromatic heterocycles. The Kier molecular flexibility index (Phi) is 3.49. The minimum atomic E-state index is 0.504. The van der Waals surface area contributed by atoms with Gasteiger partial charge in [0, 0.05) is 23.1 Å². The van der Waals surface area contributed by atoms with Crippen molar-refractivity contribution in [1.82, 2.24) is 8.75 Å². The SMILES string of the molecule is Clc1ccc2nsnc2c1NCC1CSc2ccccc21. The van der Waals surface area contributed by atoms with E-state index >= 15 is 0 Å². The van der Waals surface area contributed by atoms with Gasteiger partial charge in [0.05, 0.1) is 22.4 Å². The molecule has 0 aliphatic carbocycles. The van der Waals surface area contributed by atoms with Crippen molar-refractivity contribution in [2.24, 2.45) is 0 Å². The molecule has 1 atom stereocenters. The van der Waals surface area contributed by atoms with E-state index in [0.717, 1.165) is 29.0 Å². The van der Waals surface area contributed by atoms with Gasteiger partial charge in [0.25, 0.3) is 0 Å². The molecule has 0 amide bonds. The van der Waals surface area contributed by atoms with E-state index in [1.54, 1.807) is 0 Å². The third kappa shape index (κ3) is 2.39. The zero-order valence-electron chi connectivity index (χ0n) is 11.0. The van der Waals surface area contributed by atoms with E-state index in [1.807, 2.05) is 23.9 Å². The quantitative estimate of drug-likeness (QED) is 0.757. The van der Waals surface area contributed by atoms with Gasteiger partial charge in [-0.25, -0.2) is 0 Å². The predicted molar refractivity (Wildman–Crippen MR) is 90.8 cm³/mol. The number of hydrogen-bond donors (Lipinski definition) is 1. The van der Waals surface area contributed by atoms with E-state index in [0.29, 0.717) is 10.9 Å². The van der Waals surface area contributed by atoms with Crippen LogP contribution in [0.4, 0.5) is 5.69 Å². The van der Waals surface area contributed by atoms with Gasteiger partial charge < -0.3 is 5.32 Å². The lowest BCUT2D eigenvalue weighted by molar-refractivity contribution is 0.819. The number of nitrogens with one attached hydrogen (secondary N) is 1. The molecule has 1 unspecified atom stereocenters. The van der Waals surface area contributed by atoms with Crippen molar-refractivity contribution >= 4 is 51.8 Å². The number of anilines is 1. The second-order valence-corrected chi connectivity index (χ2v) is 6.98. The lowest BCUT2D eigenvalue weighted by atomic mass is 10.0. The van der Waals surface area contributed by atoms with Gasteiger partial charge in [0.2, 0.25) is 0 Å². The zero-order chi connectivity index (χ0) is 14.2. The monoisotopic (exact) mass is 333 g/mol. The van der Waals surface area contributed by atoms with Crippen LogP contribution in [0.1, 0.15) is 11.5 Å². The Labute approximate surface area is 136 Å². The Balaban J connectivity index is 1.60. The van der Waals surface area contributed by atoms with Gasteiger partial charge in [-0.3, -0.25) is 0 Å². The molecule has 1 aliphatic rings. The summed E-state index contributed by atoms with van der Waals surface area (Å²) >= 11 is 9.46. The first-order chi connectivity index (χ1) is 10.3. The van der Waals surface area contributed by atoms with Crippen molar-refractivity contribution in [3.63, 3.8) is 0 Å². The Morgan fingerprint density at radius 3 is 3.05 bits per heavy atom. The van der Waals surface area contributed by atoms with Crippen LogP contribution in [-0.4, -0.2) is 21.0 Å². The van der Waals surface area contributed by atoms with Crippen LogP contribution in [-0.2, 0) is 0 Å². The normalized spacial score (nSPS) is 17.1. The first-order valence-electron chi connectivity index (χ1n) is 6.69. The number of thioether (sulfide) groups is 1. The van der Waals surface area contributed by atoms with Crippen molar-refractivity contribution in [2.75, 3.05) is 17.6 Å². The highest BCUT2D eigenvalue weighted by molar-refractivity contribution is 7.99. The minimum Gasteiger partial charge on any atom is -0.381 e. The molecule has 1 aliphatic heterocycles. The van der Waals surface area contributed by atoms with E-state index < -0.39 is 0 Å². The third-order valence-electron chi connectivity index (χ3n) is 3.70. The molecule has 3 nitrogen and oxygen atoms in total. The highest BCUT2D eigenvalue weighted by Gasteiger charge is 2.23. The molecule has 0 saturated carbocycles. The van der Waals surface area contributed by atoms with Crippen LogP contribution < -0.4 is 5.32 Å². The molecule has 0 bridgehead atoms. The summed E-state index contributed by atoms with van der Waals surface area (Å²) in [5.41, 5.74) is 4.09. The van der Waals surface area contributed by atoms with Crippen LogP contribution in [0.15, 0.2) is 41.3 Å². The van der Waals surface area contributed by atoms with E-state index in [2.05, 4.69) is 38.3 Å². The van der Waals surface area contributed by atoms with Gasteiger partial charge in [0.1, 0.15) is 11.0 Å². The predicted octanol–water partition coefficient (Wildman–Crippen LogP) is 4.65. The molecule has 2 aromatic carbocycles. The first kappa shape index (κ1) is 13.4. The Morgan fingerprint density at radius 1 is 1.19 bits per heavy atom. The molecule has 106 valence electrons. The van der Waals surface area contributed by atoms with Crippen LogP contribution in [0.25, 0.3) is 11.0 Å². The zero-order valence-corrected chi connectivity index (χ0v) is 13.4. The average Bonchev–Trinajstić information content (AvgIpc) is 3.13. The molecule has 3 aromatic rings. The number of aromatic nitrogens is 2. The molecular formula is C15H12ClN3S2. The number of hydrogen-bond acceptors (Lipinski definition) is 5. The van der Waals surface area contributed by atoms with Gasteiger partial charge >= 0.3 is 0 Å². The van der Waals surface area contributed by atoms with Gasteiger partial charge in [-0.05, 0) is 23.8 Å². The van der Waals surface area contributed by atoms with Crippen molar-refractivity contribution in [3.8, 4) is 0 Å². The summed E-state index contributed by atoms with van der Waals surface area (Å²) in [5.74, 6) is 1.61. The Bertz CT molecular complexity index is 802. The van der Waals surface area contributed by atoms with Crippen molar-refractivity contribution in [2.45, 2.75) is 10.8 Å². The molecule has 0 fully saturated rings. The summed E-state index contributed by atoms with van der Waals surface area (Å²) in [4.78, 5) is 1.39. The summed E-state index contributed by atoms with van der Waals surface area (Å²) in [6.45, 7) is 0.861. The van der Waals surface area contributed by atoms with Gasteiger partial charge in [-0.15, -0.1) is 11.8 Å². The lowest BCUT2D eigenvalue weighted by Gasteiger charge is -2.14. The van der Waals surface area contributed by atoms with Crippen LogP contribution in [0.5, 0.6) is 0 Å². The number of benzene rings is 2. The molecule has 1 N–H and O–H groups in total. The molecule has 0 saturated heterocycles. The number of halogens is 1. The number of nitrogens with zero attached hydrogens (tertiary/aromatic N) is 2. The maximum atomic E-state index is 6.31. The molecule has 2 heterocycles. The van der Waals surface area contributed by atoms with E-state index in [1.165, 1.54) is 22.2 Å². The largest absolute Gasteiger partial charge is 0.381 e. The number of rotatable bonds is 3. The van der Waals surface area contributed by atoms with Gasteiger partial charge in [-0.2, -0.15) is 8.75 Å².